The van der Waals surface area contributed by atoms with Gasteiger partial charge in [0.15, 0.2) is 0 Å². The van der Waals surface area contributed by atoms with Crippen LogP contribution in [-0.4, -0.2) is 11.5 Å². The van der Waals surface area contributed by atoms with Crippen molar-refractivity contribution in [3.8, 4) is 12.3 Å². The van der Waals surface area contributed by atoms with Crippen LogP contribution in [0.5, 0.6) is 0 Å². The molecule has 0 saturated carbocycles. The monoisotopic (exact) mass is 222 g/mol. The predicted octanol–water partition coefficient (Wildman–Crippen LogP) is 2.91. The Hall–Kier alpha value is -0.850. The minimum Gasteiger partial charge on any atom is -0.309 e. The van der Waals surface area contributed by atoms with Crippen LogP contribution in [0.25, 0.3) is 0 Å². The van der Waals surface area contributed by atoms with Crippen molar-refractivity contribution in [3.05, 3.63) is 16.1 Å². The molecule has 82 valence electrons. The molecule has 0 aliphatic heterocycles. The van der Waals surface area contributed by atoms with Gasteiger partial charge in [-0.05, 0) is 33.2 Å². The molecule has 0 spiro atoms. The van der Waals surface area contributed by atoms with Gasteiger partial charge in [-0.1, -0.05) is 0 Å². The van der Waals surface area contributed by atoms with Crippen molar-refractivity contribution >= 4 is 11.3 Å². The van der Waals surface area contributed by atoms with Gasteiger partial charge in [-0.2, -0.15) is 0 Å². The van der Waals surface area contributed by atoms with Crippen molar-refractivity contribution in [1.82, 2.24) is 10.3 Å². The Bertz CT molecular complexity index is 325. The van der Waals surface area contributed by atoms with E-state index in [4.69, 9.17) is 6.42 Å². The van der Waals surface area contributed by atoms with E-state index < -0.39 is 0 Å². The molecule has 0 saturated heterocycles. The maximum Gasteiger partial charge on any atom is 0.0897 e. The molecule has 1 aromatic rings. The molecule has 0 amide bonds. The van der Waals surface area contributed by atoms with Gasteiger partial charge in [0.05, 0.1) is 5.01 Å². The van der Waals surface area contributed by atoms with E-state index in [2.05, 4.69) is 23.1 Å². The van der Waals surface area contributed by atoms with E-state index in [9.17, 15) is 0 Å². The zero-order valence-corrected chi connectivity index (χ0v) is 10.2. The van der Waals surface area contributed by atoms with E-state index in [1.54, 1.807) is 11.3 Å². The predicted molar refractivity (Wildman–Crippen MR) is 66.0 cm³/mol. The van der Waals surface area contributed by atoms with Gasteiger partial charge in [-0.15, -0.1) is 23.7 Å². The third kappa shape index (κ3) is 4.46. The fourth-order valence-electron chi connectivity index (χ4n) is 1.35. The summed E-state index contributed by atoms with van der Waals surface area (Å²) in [4.78, 5) is 5.56. The maximum atomic E-state index is 5.19. The summed E-state index contributed by atoms with van der Waals surface area (Å²) < 4.78 is 0. The lowest BCUT2D eigenvalue weighted by molar-refractivity contribution is 0.555. The molecular weight excluding hydrogens is 204 g/mol. The number of aryl methyl sites for hydroxylation is 1. The quantitative estimate of drug-likeness (QED) is 0.591. The van der Waals surface area contributed by atoms with Gasteiger partial charge >= 0.3 is 0 Å². The lowest BCUT2D eigenvalue weighted by Gasteiger charge is -2.10. The van der Waals surface area contributed by atoms with Crippen LogP contribution in [0, 0.1) is 19.3 Å². The van der Waals surface area contributed by atoms with Gasteiger partial charge in [0.1, 0.15) is 0 Å². The molecule has 1 rings (SSSR count). The fraction of sp³-hybridized carbons (Fsp3) is 0.583. The number of thiazole rings is 1. The van der Waals surface area contributed by atoms with Crippen molar-refractivity contribution in [2.45, 2.75) is 39.2 Å². The van der Waals surface area contributed by atoms with Gasteiger partial charge in [-0.3, -0.25) is 0 Å². The highest BCUT2D eigenvalue weighted by Crippen LogP contribution is 2.19. The minimum absolute atomic E-state index is 0.405. The van der Waals surface area contributed by atoms with Crippen LogP contribution in [0.4, 0.5) is 0 Å². The van der Waals surface area contributed by atoms with Gasteiger partial charge < -0.3 is 5.32 Å². The van der Waals surface area contributed by atoms with Crippen molar-refractivity contribution < 1.29 is 0 Å². The SMILES string of the molecule is C#CCCCCNC(C)c1cnc(C)s1. The number of hydrogen-bond donors (Lipinski definition) is 1. The highest BCUT2D eigenvalue weighted by Gasteiger charge is 2.06. The number of nitrogens with zero attached hydrogens (tertiary/aromatic N) is 1. The standard InChI is InChI=1S/C12H18N2S/c1-4-5-6-7-8-13-10(2)12-9-14-11(3)15-12/h1,9-10,13H,5-8H2,2-3H3. The largest absolute Gasteiger partial charge is 0.309 e. The first-order valence-corrected chi connectivity index (χ1v) is 6.15. The van der Waals surface area contributed by atoms with E-state index in [-0.39, 0.29) is 0 Å². The molecule has 0 aromatic carbocycles. The number of nitrogens with one attached hydrogen (secondary N) is 1. The van der Waals surface area contributed by atoms with Gasteiger partial charge in [0, 0.05) is 23.5 Å². The normalized spacial score (nSPS) is 12.3. The molecule has 0 aliphatic carbocycles. The summed E-state index contributed by atoms with van der Waals surface area (Å²) in [7, 11) is 0. The van der Waals surface area contributed by atoms with Gasteiger partial charge in [-0.25, -0.2) is 4.98 Å². The first-order valence-electron chi connectivity index (χ1n) is 5.33. The van der Waals surface area contributed by atoms with Crippen molar-refractivity contribution in [3.63, 3.8) is 0 Å². The third-order valence-electron chi connectivity index (χ3n) is 2.26. The molecule has 15 heavy (non-hydrogen) atoms. The summed E-state index contributed by atoms with van der Waals surface area (Å²) >= 11 is 1.76. The van der Waals surface area contributed by atoms with E-state index in [1.807, 2.05) is 13.1 Å². The van der Waals surface area contributed by atoms with Gasteiger partial charge in [0.2, 0.25) is 0 Å². The Balaban J connectivity index is 2.19. The average Bonchev–Trinajstić information content (AvgIpc) is 2.64. The summed E-state index contributed by atoms with van der Waals surface area (Å²) in [5.74, 6) is 2.66. The Morgan fingerprint density at radius 1 is 1.60 bits per heavy atom. The molecule has 0 fully saturated rings. The van der Waals surface area contributed by atoms with Gasteiger partial charge in [0.25, 0.3) is 0 Å². The van der Waals surface area contributed by atoms with Crippen molar-refractivity contribution in [1.29, 1.82) is 0 Å². The highest BCUT2D eigenvalue weighted by molar-refractivity contribution is 7.11. The van der Waals surface area contributed by atoms with Crippen LogP contribution < -0.4 is 5.32 Å². The Kier molecular flexibility index (Phi) is 5.38. The molecule has 0 aliphatic rings. The lowest BCUT2D eigenvalue weighted by atomic mass is 10.2. The van der Waals surface area contributed by atoms with E-state index in [0.29, 0.717) is 6.04 Å². The molecule has 1 unspecified atom stereocenters. The summed E-state index contributed by atoms with van der Waals surface area (Å²) in [6.45, 7) is 5.24. The zero-order valence-electron chi connectivity index (χ0n) is 9.42. The maximum absolute atomic E-state index is 5.19. The van der Waals surface area contributed by atoms with Crippen LogP contribution >= 0.6 is 11.3 Å². The first-order chi connectivity index (χ1) is 7.24. The molecule has 0 bridgehead atoms. The molecule has 0 radical (unpaired) electrons. The number of hydrogen-bond acceptors (Lipinski definition) is 3. The summed E-state index contributed by atoms with van der Waals surface area (Å²) in [5, 5.41) is 4.60. The Morgan fingerprint density at radius 3 is 3.00 bits per heavy atom. The molecule has 3 heteroatoms. The fourth-order valence-corrected chi connectivity index (χ4v) is 2.16. The van der Waals surface area contributed by atoms with Crippen LogP contribution in [0.3, 0.4) is 0 Å². The van der Waals surface area contributed by atoms with E-state index >= 15 is 0 Å². The molecular formula is C12H18N2S. The minimum atomic E-state index is 0.405. The summed E-state index contributed by atoms with van der Waals surface area (Å²) in [5.41, 5.74) is 0. The molecule has 1 heterocycles. The second-order valence-electron chi connectivity index (χ2n) is 3.62. The number of aromatic nitrogens is 1. The highest BCUT2D eigenvalue weighted by atomic mass is 32.1. The molecule has 2 nitrogen and oxygen atoms in total. The first kappa shape index (κ1) is 12.2. The van der Waals surface area contributed by atoms with E-state index in [0.717, 1.165) is 30.8 Å². The second kappa shape index (κ2) is 6.60. The molecule has 1 atom stereocenters. The molecule has 1 aromatic heterocycles. The molecule has 1 N–H and O–H groups in total. The smallest absolute Gasteiger partial charge is 0.0897 e. The van der Waals surface area contributed by atoms with E-state index in [1.165, 1.54) is 4.88 Å². The Labute approximate surface area is 96.1 Å². The van der Waals surface area contributed by atoms with Crippen LogP contribution in [0.2, 0.25) is 0 Å². The van der Waals surface area contributed by atoms with Crippen molar-refractivity contribution in [2.24, 2.45) is 0 Å². The lowest BCUT2D eigenvalue weighted by Crippen LogP contribution is -2.18. The summed E-state index contributed by atoms with van der Waals surface area (Å²) in [6, 6.07) is 0.405. The van der Waals surface area contributed by atoms with Crippen LogP contribution in [0.15, 0.2) is 6.20 Å². The number of rotatable bonds is 6. The number of unbranched alkanes of at least 4 members (excludes halogenated alkanes) is 2. The number of terminal acetylenes is 1. The van der Waals surface area contributed by atoms with Crippen LogP contribution in [-0.2, 0) is 0 Å². The topological polar surface area (TPSA) is 24.9 Å². The summed E-state index contributed by atoms with van der Waals surface area (Å²) in [6.07, 6.45) is 10.3. The second-order valence-corrected chi connectivity index (χ2v) is 4.89. The van der Waals surface area contributed by atoms with Crippen LogP contribution in [0.1, 0.15) is 42.1 Å². The average molecular weight is 222 g/mol. The Morgan fingerprint density at radius 2 is 2.40 bits per heavy atom. The zero-order chi connectivity index (χ0) is 11.1. The third-order valence-corrected chi connectivity index (χ3v) is 3.36. The van der Waals surface area contributed by atoms with Crippen molar-refractivity contribution in [2.75, 3.05) is 6.54 Å².